The first-order chi connectivity index (χ1) is 8.20. The molecule has 17 heavy (non-hydrogen) atoms. The Morgan fingerprint density at radius 3 is 2.82 bits per heavy atom. The highest BCUT2D eigenvalue weighted by Gasteiger charge is 2.30. The SMILES string of the molecule is OCCC(NCc1ccc(Br)cc1F)C1CC1. The molecule has 1 aliphatic carbocycles. The second-order valence-electron chi connectivity index (χ2n) is 4.57. The molecule has 0 aliphatic heterocycles. The molecule has 4 heteroatoms. The van der Waals surface area contributed by atoms with Crippen molar-refractivity contribution in [3.05, 3.63) is 34.1 Å². The van der Waals surface area contributed by atoms with Gasteiger partial charge in [-0.25, -0.2) is 4.39 Å². The van der Waals surface area contributed by atoms with E-state index in [9.17, 15) is 4.39 Å². The lowest BCUT2D eigenvalue weighted by atomic mass is 10.1. The zero-order chi connectivity index (χ0) is 12.3. The summed E-state index contributed by atoms with van der Waals surface area (Å²) in [5, 5.41) is 12.3. The molecule has 0 radical (unpaired) electrons. The lowest BCUT2D eigenvalue weighted by molar-refractivity contribution is 0.255. The third-order valence-corrected chi connectivity index (χ3v) is 3.69. The van der Waals surface area contributed by atoms with E-state index in [1.54, 1.807) is 6.07 Å². The summed E-state index contributed by atoms with van der Waals surface area (Å²) in [6, 6.07) is 5.44. The van der Waals surface area contributed by atoms with Gasteiger partial charge in [-0.05, 0) is 37.3 Å². The van der Waals surface area contributed by atoms with Crippen LogP contribution in [-0.2, 0) is 6.54 Å². The van der Waals surface area contributed by atoms with E-state index in [0.29, 0.717) is 24.1 Å². The number of nitrogens with one attached hydrogen (secondary N) is 1. The number of aliphatic hydroxyl groups is 1. The van der Waals surface area contributed by atoms with Crippen LogP contribution < -0.4 is 5.32 Å². The zero-order valence-electron chi connectivity index (χ0n) is 9.63. The van der Waals surface area contributed by atoms with Crippen molar-refractivity contribution >= 4 is 15.9 Å². The molecule has 0 bridgehead atoms. The summed E-state index contributed by atoms with van der Waals surface area (Å²) in [5.74, 6) is 0.478. The molecule has 1 unspecified atom stereocenters. The quantitative estimate of drug-likeness (QED) is 0.847. The Kier molecular flexibility index (Phi) is 4.54. The molecule has 0 heterocycles. The van der Waals surface area contributed by atoms with Crippen molar-refractivity contribution in [3.8, 4) is 0 Å². The molecular formula is C13H17BrFNO. The second-order valence-corrected chi connectivity index (χ2v) is 5.49. The maximum Gasteiger partial charge on any atom is 0.128 e. The van der Waals surface area contributed by atoms with Gasteiger partial charge in [0, 0.05) is 29.2 Å². The van der Waals surface area contributed by atoms with Crippen molar-refractivity contribution in [1.29, 1.82) is 0 Å². The normalized spacial score (nSPS) is 17.1. The fourth-order valence-corrected chi connectivity index (χ4v) is 2.38. The summed E-state index contributed by atoms with van der Waals surface area (Å²) in [4.78, 5) is 0. The van der Waals surface area contributed by atoms with Crippen LogP contribution in [0, 0.1) is 11.7 Å². The molecule has 1 saturated carbocycles. The maximum atomic E-state index is 13.6. The lowest BCUT2D eigenvalue weighted by Crippen LogP contribution is -2.31. The van der Waals surface area contributed by atoms with E-state index in [1.165, 1.54) is 18.9 Å². The van der Waals surface area contributed by atoms with Crippen LogP contribution in [0.5, 0.6) is 0 Å². The third kappa shape index (κ3) is 3.76. The Balaban J connectivity index is 1.91. The minimum Gasteiger partial charge on any atom is -0.396 e. The molecule has 1 atom stereocenters. The van der Waals surface area contributed by atoms with Gasteiger partial charge in [0.05, 0.1) is 0 Å². The van der Waals surface area contributed by atoms with Gasteiger partial charge >= 0.3 is 0 Å². The van der Waals surface area contributed by atoms with Crippen molar-refractivity contribution in [1.82, 2.24) is 5.32 Å². The molecule has 1 aliphatic rings. The smallest absolute Gasteiger partial charge is 0.128 e. The average molecular weight is 302 g/mol. The van der Waals surface area contributed by atoms with E-state index < -0.39 is 0 Å². The molecular weight excluding hydrogens is 285 g/mol. The van der Waals surface area contributed by atoms with Crippen LogP contribution in [-0.4, -0.2) is 17.8 Å². The van der Waals surface area contributed by atoms with Crippen molar-refractivity contribution in [2.75, 3.05) is 6.61 Å². The van der Waals surface area contributed by atoms with Gasteiger partial charge in [0.25, 0.3) is 0 Å². The number of benzene rings is 1. The van der Waals surface area contributed by atoms with E-state index in [1.807, 2.05) is 6.07 Å². The monoisotopic (exact) mass is 301 g/mol. The van der Waals surface area contributed by atoms with Crippen LogP contribution in [0.4, 0.5) is 4.39 Å². The van der Waals surface area contributed by atoms with Gasteiger partial charge in [0.2, 0.25) is 0 Å². The number of hydrogen-bond acceptors (Lipinski definition) is 2. The Labute approximate surface area is 109 Å². The highest BCUT2D eigenvalue weighted by Crippen LogP contribution is 2.34. The minimum absolute atomic E-state index is 0.189. The van der Waals surface area contributed by atoms with Gasteiger partial charge in [0.15, 0.2) is 0 Å². The molecule has 2 N–H and O–H groups in total. The van der Waals surface area contributed by atoms with Gasteiger partial charge in [-0.15, -0.1) is 0 Å². The zero-order valence-corrected chi connectivity index (χ0v) is 11.2. The highest BCUT2D eigenvalue weighted by molar-refractivity contribution is 9.10. The summed E-state index contributed by atoms with van der Waals surface area (Å²) in [5.41, 5.74) is 0.678. The van der Waals surface area contributed by atoms with Gasteiger partial charge in [-0.2, -0.15) is 0 Å². The summed E-state index contributed by atoms with van der Waals surface area (Å²) in [6.07, 6.45) is 3.20. The Morgan fingerprint density at radius 2 is 2.24 bits per heavy atom. The summed E-state index contributed by atoms with van der Waals surface area (Å²) in [7, 11) is 0. The Hall–Kier alpha value is -0.450. The minimum atomic E-state index is -0.189. The van der Waals surface area contributed by atoms with E-state index in [2.05, 4.69) is 21.2 Å². The van der Waals surface area contributed by atoms with E-state index in [4.69, 9.17) is 5.11 Å². The fraction of sp³-hybridized carbons (Fsp3) is 0.538. The van der Waals surface area contributed by atoms with Crippen LogP contribution in [0.2, 0.25) is 0 Å². The molecule has 0 aromatic heterocycles. The topological polar surface area (TPSA) is 32.3 Å². The van der Waals surface area contributed by atoms with Gasteiger partial charge in [-0.1, -0.05) is 22.0 Å². The number of aliphatic hydroxyl groups excluding tert-OH is 1. The van der Waals surface area contributed by atoms with Crippen LogP contribution >= 0.6 is 15.9 Å². The molecule has 2 rings (SSSR count). The van der Waals surface area contributed by atoms with Gasteiger partial charge < -0.3 is 10.4 Å². The molecule has 2 nitrogen and oxygen atoms in total. The van der Waals surface area contributed by atoms with Crippen molar-refractivity contribution < 1.29 is 9.50 Å². The summed E-state index contributed by atoms with van der Waals surface area (Å²) >= 11 is 3.24. The molecule has 1 fully saturated rings. The summed E-state index contributed by atoms with van der Waals surface area (Å²) < 4.78 is 14.3. The van der Waals surface area contributed by atoms with Crippen molar-refractivity contribution in [2.24, 2.45) is 5.92 Å². The lowest BCUT2D eigenvalue weighted by Gasteiger charge is -2.17. The predicted molar refractivity (Wildman–Crippen MR) is 69.2 cm³/mol. The average Bonchev–Trinajstić information content (AvgIpc) is 3.10. The predicted octanol–water partition coefficient (Wildman–Crippen LogP) is 2.84. The van der Waals surface area contributed by atoms with Crippen molar-refractivity contribution in [3.63, 3.8) is 0 Å². The van der Waals surface area contributed by atoms with Crippen LogP contribution in [0.1, 0.15) is 24.8 Å². The fourth-order valence-electron chi connectivity index (χ4n) is 2.05. The first kappa shape index (κ1) is 13.0. The van der Waals surface area contributed by atoms with Crippen molar-refractivity contribution in [2.45, 2.75) is 31.8 Å². The van der Waals surface area contributed by atoms with Gasteiger partial charge in [-0.3, -0.25) is 0 Å². The highest BCUT2D eigenvalue weighted by atomic mass is 79.9. The van der Waals surface area contributed by atoms with E-state index in [0.717, 1.165) is 10.9 Å². The molecule has 1 aromatic rings. The third-order valence-electron chi connectivity index (χ3n) is 3.20. The number of halogens is 2. The maximum absolute atomic E-state index is 13.6. The molecule has 0 spiro atoms. The first-order valence-electron chi connectivity index (χ1n) is 5.99. The number of rotatable bonds is 6. The van der Waals surface area contributed by atoms with Crippen LogP contribution in [0.25, 0.3) is 0 Å². The number of hydrogen-bond donors (Lipinski definition) is 2. The second kappa shape index (κ2) is 5.94. The molecule has 0 amide bonds. The molecule has 0 saturated heterocycles. The molecule has 1 aromatic carbocycles. The molecule has 94 valence electrons. The largest absolute Gasteiger partial charge is 0.396 e. The van der Waals surface area contributed by atoms with E-state index in [-0.39, 0.29) is 12.4 Å². The Morgan fingerprint density at radius 1 is 1.47 bits per heavy atom. The van der Waals surface area contributed by atoms with Crippen LogP contribution in [0.15, 0.2) is 22.7 Å². The standard InChI is InChI=1S/C13H17BrFNO/c14-11-4-3-10(12(15)7-11)8-16-13(5-6-17)9-1-2-9/h3-4,7,9,13,16-17H,1-2,5-6,8H2. The van der Waals surface area contributed by atoms with Crippen LogP contribution in [0.3, 0.4) is 0 Å². The van der Waals surface area contributed by atoms with E-state index >= 15 is 0 Å². The van der Waals surface area contributed by atoms with Gasteiger partial charge in [0.1, 0.15) is 5.82 Å². The first-order valence-corrected chi connectivity index (χ1v) is 6.78. The Bertz CT molecular complexity index is 382. The summed E-state index contributed by atoms with van der Waals surface area (Å²) in [6.45, 7) is 0.720.